The van der Waals surface area contributed by atoms with Gasteiger partial charge in [0.25, 0.3) is 0 Å². The van der Waals surface area contributed by atoms with E-state index in [1.807, 2.05) is 11.1 Å². The molecule has 0 atom stereocenters. The number of carbonyl (C=O) groups is 1. The van der Waals surface area contributed by atoms with E-state index in [2.05, 4.69) is 51.8 Å². The molecule has 150 valence electrons. The first-order valence-electron chi connectivity index (χ1n) is 9.91. The van der Waals surface area contributed by atoms with Gasteiger partial charge in [-0.1, -0.05) is 31.2 Å². The summed E-state index contributed by atoms with van der Waals surface area (Å²) in [4.78, 5) is 23.7. The van der Waals surface area contributed by atoms with Crippen molar-refractivity contribution in [1.29, 1.82) is 0 Å². The Labute approximate surface area is 171 Å². The summed E-state index contributed by atoms with van der Waals surface area (Å²) in [6.07, 6.45) is 5.58. The molecular formula is C21H29N5OS. The maximum absolute atomic E-state index is 11.7. The van der Waals surface area contributed by atoms with E-state index in [0.29, 0.717) is 19.5 Å². The summed E-state index contributed by atoms with van der Waals surface area (Å²) in [6.45, 7) is 5.26. The Morgan fingerprint density at radius 2 is 2.04 bits per heavy atom. The molecule has 1 saturated heterocycles. The van der Waals surface area contributed by atoms with Crippen LogP contribution in [0.2, 0.25) is 0 Å². The number of aromatic nitrogens is 1. The van der Waals surface area contributed by atoms with Gasteiger partial charge in [-0.2, -0.15) is 0 Å². The number of aliphatic imine (C=N–C) groups is 1. The van der Waals surface area contributed by atoms with E-state index in [-0.39, 0.29) is 5.91 Å². The van der Waals surface area contributed by atoms with Crippen LogP contribution in [0.25, 0.3) is 0 Å². The van der Waals surface area contributed by atoms with Crippen LogP contribution < -0.4 is 10.6 Å². The monoisotopic (exact) mass is 399 g/mol. The number of guanidine groups is 1. The van der Waals surface area contributed by atoms with Crippen molar-refractivity contribution < 1.29 is 4.79 Å². The molecule has 1 aliphatic rings. The molecule has 2 N–H and O–H groups in total. The third kappa shape index (κ3) is 5.79. The molecule has 0 saturated carbocycles. The number of amides is 1. The van der Waals surface area contributed by atoms with Gasteiger partial charge < -0.3 is 15.5 Å². The van der Waals surface area contributed by atoms with E-state index >= 15 is 0 Å². The predicted molar refractivity (Wildman–Crippen MR) is 114 cm³/mol. The summed E-state index contributed by atoms with van der Waals surface area (Å²) in [5.41, 5.74) is 2.36. The molecule has 2 aromatic rings. The Morgan fingerprint density at radius 1 is 1.25 bits per heavy atom. The van der Waals surface area contributed by atoms with Crippen LogP contribution in [0, 0.1) is 0 Å². The topological polar surface area (TPSA) is 69.6 Å². The highest BCUT2D eigenvalue weighted by Gasteiger charge is 2.19. The van der Waals surface area contributed by atoms with Crippen molar-refractivity contribution in [2.75, 3.05) is 20.1 Å². The van der Waals surface area contributed by atoms with Gasteiger partial charge in [0.15, 0.2) is 5.96 Å². The van der Waals surface area contributed by atoms with Crippen LogP contribution in [-0.2, 0) is 30.7 Å². The van der Waals surface area contributed by atoms with Crippen LogP contribution in [0.3, 0.4) is 0 Å². The number of nitrogens with zero attached hydrogens (tertiary/aromatic N) is 3. The number of benzene rings is 1. The molecular weight excluding hydrogens is 370 g/mol. The molecule has 0 aliphatic carbocycles. The van der Waals surface area contributed by atoms with Crippen molar-refractivity contribution in [2.45, 2.75) is 45.7 Å². The Bertz CT molecular complexity index is 799. The summed E-state index contributed by atoms with van der Waals surface area (Å²) in [7, 11) is 1.78. The molecule has 0 unspecified atom stereocenters. The Balaban J connectivity index is 1.41. The Hall–Kier alpha value is -2.41. The lowest BCUT2D eigenvalue weighted by atomic mass is 10.1. The number of likely N-dealkylation sites (tertiary alicyclic amines) is 1. The largest absolute Gasteiger partial charge is 0.356 e. The number of aryl methyl sites for hydroxylation is 1. The molecule has 0 spiro atoms. The first-order valence-corrected chi connectivity index (χ1v) is 10.7. The zero-order valence-corrected chi connectivity index (χ0v) is 17.5. The molecule has 28 heavy (non-hydrogen) atoms. The van der Waals surface area contributed by atoms with E-state index in [1.54, 1.807) is 18.4 Å². The van der Waals surface area contributed by atoms with Crippen molar-refractivity contribution in [2.24, 2.45) is 4.99 Å². The molecule has 1 aromatic heterocycles. The lowest BCUT2D eigenvalue weighted by Gasteiger charge is -2.16. The SMILES string of the molecule is CCc1cnc(CCNC(=NC)NCc2ccc(CN3CCCC3=O)cc2)s1. The highest BCUT2D eigenvalue weighted by molar-refractivity contribution is 7.11. The second-order valence-corrected chi connectivity index (χ2v) is 8.11. The van der Waals surface area contributed by atoms with Gasteiger partial charge in [-0.15, -0.1) is 11.3 Å². The van der Waals surface area contributed by atoms with Crippen molar-refractivity contribution >= 4 is 23.2 Å². The van der Waals surface area contributed by atoms with Crippen LogP contribution in [0.1, 0.15) is 40.8 Å². The average molecular weight is 400 g/mol. The first-order chi connectivity index (χ1) is 13.7. The molecule has 3 rings (SSSR count). The maximum Gasteiger partial charge on any atom is 0.222 e. The number of hydrogen-bond acceptors (Lipinski definition) is 4. The lowest BCUT2D eigenvalue weighted by Crippen LogP contribution is -2.37. The molecule has 1 aromatic carbocycles. The molecule has 2 heterocycles. The highest BCUT2D eigenvalue weighted by atomic mass is 32.1. The number of thiazole rings is 1. The Morgan fingerprint density at radius 3 is 2.68 bits per heavy atom. The highest BCUT2D eigenvalue weighted by Crippen LogP contribution is 2.15. The molecule has 7 heteroatoms. The van der Waals surface area contributed by atoms with Gasteiger partial charge in [-0.3, -0.25) is 9.79 Å². The third-order valence-electron chi connectivity index (χ3n) is 4.83. The van der Waals surface area contributed by atoms with Gasteiger partial charge >= 0.3 is 0 Å². The maximum atomic E-state index is 11.7. The molecule has 0 bridgehead atoms. The van der Waals surface area contributed by atoms with Crippen LogP contribution >= 0.6 is 11.3 Å². The van der Waals surface area contributed by atoms with Crippen LogP contribution in [0.4, 0.5) is 0 Å². The minimum absolute atomic E-state index is 0.268. The fraction of sp³-hybridized carbons (Fsp3) is 0.476. The van der Waals surface area contributed by atoms with Crippen LogP contribution in [-0.4, -0.2) is 41.9 Å². The second-order valence-electron chi connectivity index (χ2n) is 6.91. The lowest BCUT2D eigenvalue weighted by molar-refractivity contribution is -0.128. The zero-order valence-electron chi connectivity index (χ0n) is 16.7. The smallest absolute Gasteiger partial charge is 0.222 e. The average Bonchev–Trinajstić information content (AvgIpc) is 3.34. The summed E-state index contributed by atoms with van der Waals surface area (Å²) < 4.78 is 0. The second kappa shape index (κ2) is 10.2. The third-order valence-corrected chi connectivity index (χ3v) is 6.03. The fourth-order valence-corrected chi connectivity index (χ4v) is 4.04. The van der Waals surface area contributed by atoms with E-state index < -0.39 is 0 Å². The molecule has 1 fully saturated rings. The minimum Gasteiger partial charge on any atom is -0.356 e. The van der Waals surface area contributed by atoms with Gasteiger partial charge in [0.05, 0.1) is 5.01 Å². The van der Waals surface area contributed by atoms with E-state index in [0.717, 1.165) is 43.3 Å². The van der Waals surface area contributed by atoms with Gasteiger partial charge in [-0.25, -0.2) is 4.98 Å². The molecule has 1 amide bonds. The Kier molecular flexibility index (Phi) is 7.42. The van der Waals surface area contributed by atoms with Gasteiger partial charge in [0, 0.05) is 57.1 Å². The van der Waals surface area contributed by atoms with Crippen molar-refractivity contribution in [3.8, 4) is 0 Å². The summed E-state index contributed by atoms with van der Waals surface area (Å²) in [5, 5.41) is 7.85. The van der Waals surface area contributed by atoms with E-state index in [9.17, 15) is 4.79 Å². The number of nitrogens with one attached hydrogen (secondary N) is 2. The van der Waals surface area contributed by atoms with Crippen LogP contribution in [0.5, 0.6) is 0 Å². The van der Waals surface area contributed by atoms with E-state index in [4.69, 9.17) is 0 Å². The minimum atomic E-state index is 0.268. The summed E-state index contributed by atoms with van der Waals surface area (Å²) >= 11 is 1.78. The zero-order chi connectivity index (χ0) is 19.8. The molecule has 6 nitrogen and oxygen atoms in total. The summed E-state index contributed by atoms with van der Waals surface area (Å²) in [5.74, 6) is 1.06. The summed E-state index contributed by atoms with van der Waals surface area (Å²) in [6, 6.07) is 8.43. The number of carbonyl (C=O) groups excluding carboxylic acids is 1. The standard InChI is InChI=1S/C21H29N5OS/c1-3-18-14-24-19(28-18)10-11-23-21(22-2)25-13-16-6-8-17(9-7-16)15-26-12-4-5-20(26)27/h6-9,14H,3-5,10-13,15H2,1-2H3,(H2,22,23,25). The normalized spacial score (nSPS) is 14.6. The van der Waals surface area contributed by atoms with E-state index in [1.165, 1.54) is 16.0 Å². The van der Waals surface area contributed by atoms with Gasteiger partial charge in [0.1, 0.15) is 0 Å². The van der Waals surface area contributed by atoms with Crippen LogP contribution in [0.15, 0.2) is 35.5 Å². The van der Waals surface area contributed by atoms with Crippen molar-refractivity contribution in [3.05, 3.63) is 51.5 Å². The molecule has 0 radical (unpaired) electrons. The first kappa shape index (κ1) is 20.3. The van der Waals surface area contributed by atoms with Crippen molar-refractivity contribution in [3.63, 3.8) is 0 Å². The van der Waals surface area contributed by atoms with Gasteiger partial charge in [-0.05, 0) is 24.0 Å². The predicted octanol–water partition coefficient (Wildman–Crippen LogP) is 2.74. The number of rotatable bonds is 8. The van der Waals surface area contributed by atoms with Crippen molar-refractivity contribution in [1.82, 2.24) is 20.5 Å². The quantitative estimate of drug-likeness (QED) is 0.529. The molecule has 1 aliphatic heterocycles. The van der Waals surface area contributed by atoms with Gasteiger partial charge in [0.2, 0.25) is 5.91 Å². The fourth-order valence-electron chi connectivity index (χ4n) is 3.18. The number of hydrogen-bond donors (Lipinski definition) is 2.